The number of phenols is 1. The molecule has 0 aliphatic carbocycles. The smallest absolute Gasteiger partial charge is 0.165 e. The molecule has 0 unspecified atom stereocenters. The van der Waals surface area contributed by atoms with Crippen LogP contribution in [0.3, 0.4) is 0 Å². The van der Waals surface area contributed by atoms with Crippen LogP contribution < -0.4 is 0 Å². The molecule has 0 bridgehead atoms. The zero-order valence-corrected chi connectivity index (χ0v) is 28.5. The summed E-state index contributed by atoms with van der Waals surface area (Å²) in [6.45, 7) is 19.7. The molecule has 1 N–H and O–H groups in total. The molecule has 5 nitrogen and oxygen atoms in total. The summed E-state index contributed by atoms with van der Waals surface area (Å²) >= 11 is 0. The first-order valence-corrected chi connectivity index (χ1v) is 16.0. The summed E-state index contributed by atoms with van der Waals surface area (Å²) in [4.78, 5) is 15.0. The van der Waals surface area contributed by atoms with Gasteiger partial charge in [-0.1, -0.05) is 98.7 Å². The number of para-hydroxylation sites is 1. The number of fused-ring (bicyclic) bond motifs is 1. The van der Waals surface area contributed by atoms with Gasteiger partial charge in [-0.15, -0.1) is 0 Å². The van der Waals surface area contributed by atoms with Gasteiger partial charge < -0.3 is 5.11 Å². The number of aromatic hydroxyl groups is 1. The molecule has 0 saturated heterocycles. The number of hydrogen-bond acceptors (Lipinski definition) is 4. The van der Waals surface area contributed by atoms with Crippen molar-refractivity contribution in [3.05, 3.63) is 114 Å². The van der Waals surface area contributed by atoms with Crippen molar-refractivity contribution < 1.29 is 5.11 Å². The van der Waals surface area contributed by atoms with Crippen molar-refractivity contribution in [2.75, 3.05) is 0 Å². The summed E-state index contributed by atoms with van der Waals surface area (Å²) in [5.74, 6) is 0.911. The Labute approximate surface area is 273 Å². The van der Waals surface area contributed by atoms with E-state index in [1.807, 2.05) is 54.9 Å². The van der Waals surface area contributed by atoms with E-state index in [4.69, 9.17) is 9.97 Å². The predicted octanol–water partition coefficient (Wildman–Crippen LogP) is 10.4. The van der Waals surface area contributed by atoms with Crippen molar-refractivity contribution in [1.82, 2.24) is 19.5 Å². The van der Waals surface area contributed by atoms with Crippen LogP contribution in [0.1, 0.15) is 79.0 Å². The quantitative estimate of drug-likeness (QED) is 0.216. The lowest BCUT2D eigenvalue weighted by Crippen LogP contribution is -2.17. The largest absolute Gasteiger partial charge is 0.507 e. The molecule has 0 amide bonds. The maximum absolute atomic E-state index is 12.0. The molecular weight excluding hydrogens is 564 g/mol. The van der Waals surface area contributed by atoms with Gasteiger partial charge >= 0.3 is 0 Å². The number of phenolic OH excluding ortho intramolecular Hbond substituents is 1. The first-order chi connectivity index (χ1) is 21.6. The van der Waals surface area contributed by atoms with E-state index in [1.165, 1.54) is 5.56 Å². The molecule has 0 spiro atoms. The fraction of sp³-hybridized carbons (Fsp3) is 0.293. The Morgan fingerprint density at radius 3 is 1.87 bits per heavy atom. The summed E-state index contributed by atoms with van der Waals surface area (Å²) in [7, 11) is 0. The van der Waals surface area contributed by atoms with Crippen LogP contribution in [0.4, 0.5) is 0 Å². The Kier molecular flexibility index (Phi) is 7.63. The standard InChI is InChI=1S/C41H44N4O/c1-39(2,3)28-22-26(21-27(23-28)34-17-13-14-19-42-34)31-18-20-43-38-35(31)44-37(45(38)30-15-11-10-12-16-30)32-24-29(40(4,5)6)25-33(36(32)46)41(7,8)9/h10-25,46H,1-9H3. The lowest BCUT2D eigenvalue weighted by Gasteiger charge is -2.27. The van der Waals surface area contributed by atoms with E-state index in [2.05, 4.69) is 114 Å². The van der Waals surface area contributed by atoms with E-state index in [-0.39, 0.29) is 22.0 Å². The van der Waals surface area contributed by atoms with Gasteiger partial charge in [0.25, 0.3) is 0 Å². The fourth-order valence-electron chi connectivity index (χ4n) is 5.92. The monoisotopic (exact) mass is 608 g/mol. The van der Waals surface area contributed by atoms with Gasteiger partial charge in [0.2, 0.25) is 0 Å². The first-order valence-electron chi connectivity index (χ1n) is 16.0. The van der Waals surface area contributed by atoms with Gasteiger partial charge in [-0.3, -0.25) is 9.55 Å². The molecule has 0 fully saturated rings. The molecule has 3 aromatic heterocycles. The highest BCUT2D eigenvalue weighted by atomic mass is 16.3. The number of nitrogens with zero attached hydrogens (tertiary/aromatic N) is 4. The number of pyridine rings is 2. The Hall–Kier alpha value is -4.77. The SMILES string of the molecule is CC(C)(C)c1cc(-c2ccccn2)cc(-c2ccnc3c2nc(-c2cc(C(C)(C)C)cc(C(C)(C)C)c2O)n3-c2ccccc2)c1. The van der Waals surface area contributed by atoms with Crippen LogP contribution in [-0.2, 0) is 16.2 Å². The fourth-order valence-corrected chi connectivity index (χ4v) is 5.92. The van der Waals surface area contributed by atoms with Gasteiger partial charge in [-0.25, -0.2) is 9.97 Å². The molecular formula is C41H44N4O. The van der Waals surface area contributed by atoms with Gasteiger partial charge in [0.1, 0.15) is 11.3 Å². The Morgan fingerprint density at radius 1 is 0.587 bits per heavy atom. The van der Waals surface area contributed by atoms with Gasteiger partial charge in [0.15, 0.2) is 11.5 Å². The average molecular weight is 609 g/mol. The number of benzene rings is 3. The molecule has 0 radical (unpaired) electrons. The second-order valence-electron chi connectivity index (χ2n) is 15.3. The Morgan fingerprint density at radius 2 is 1.24 bits per heavy atom. The van der Waals surface area contributed by atoms with Gasteiger partial charge in [0, 0.05) is 34.8 Å². The highest BCUT2D eigenvalue weighted by Gasteiger charge is 2.29. The zero-order valence-electron chi connectivity index (χ0n) is 28.5. The average Bonchev–Trinajstić information content (AvgIpc) is 3.40. The molecule has 0 saturated carbocycles. The minimum Gasteiger partial charge on any atom is -0.507 e. The molecule has 5 heteroatoms. The van der Waals surface area contributed by atoms with E-state index in [0.29, 0.717) is 11.4 Å². The molecule has 0 aliphatic rings. The van der Waals surface area contributed by atoms with Crippen LogP contribution in [0, 0.1) is 0 Å². The summed E-state index contributed by atoms with van der Waals surface area (Å²) in [5, 5.41) is 12.0. The summed E-state index contributed by atoms with van der Waals surface area (Å²) in [6.07, 6.45) is 3.69. The second kappa shape index (κ2) is 11.2. The number of aromatic nitrogens is 4. The van der Waals surface area contributed by atoms with Crippen LogP contribution in [0.15, 0.2) is 97.3 Å². The maximum Gasteiger partial charge on any atom is 0.165 e. The highest BCUT2D eigenvalue weighted by Crippen LogP contribution is 2.44. The molecule has 0 aliphatic heterocycles. The molecule has 3 aromatic carbocycles. The van der Waals surface area contributed by atoms with Crippen LogP contribution in [0.25, 0.3) is 50.6 Å². The van der Waals surface area contributed by atoms with Gasteiger partial charge in [-0.05, 0) is 81.5 Å². The van der Waals surface area contributed by atoms with Crippen LogP contribution in [0.2, 0.25) is 0 Å². The van der Waals surface area contributed by atoms with E-state index in [1.54, 1.807) is 0 Å². The second-order valence-corrected chi connectivity index (χ2v) is 15.3. The highest BCUT2D eigenvalue weighted by molar-refractivity contribution is 5.94. The van der Waals surface area contributed by atoms with Crippen molar-refractivity contribution in [2.45, 2.75) is 78.6 Å². The molecule has 0 atom stereocenters. The van der Waals surface area contributed by atoms with E-state index in [9.17, 15) is 5.11 Å². The topological polar surface area (TPSA) is 63.8 Å². The molecule has 6 rings (SSSR count). The third-order valence-corrected chi connectivity index (χ3v) is 8.66. The van der Waals surface area contributed by atoms with Gasteiger partial charge in [0.05, 0.1) is 11.3 Å². The summed E-state index contributed by atoms with van der Waals surface area (Å²) in [6, 6.07) is 29.2. The third-order valence-electron chi connectivity index (χ3n) is 8.66. The molecule has 3 heterocycles. The van der Waals surface area contributed by atoms with Crippen LogP contribution in [0.5, 0.6) is 5.75 Å². The normalized spacial score (nSPS) is 12.5. The molecule has 234 valence electrons. The van der Waals surface area contributed by atoms with Gasteiger partial charge in [-0.2, -0.15) is 0 Å². The van der Waals surface area contributed by atoms with Crippen LogP contribution >= 0.6 is 0 Å². The van der Waals surface area contributed by atoms with Crippen molar-refractivity contribution >= 4 is 11.2 Å². The van der Waals surface area contributed by atoms with Crippen molar-refractivity contribution in [3.8, 4) is 45.2 Å². The van der Waals surface area contributed by atoms with Crippen LogP contribution in [-0.4, -0.2) is 24.6 Å². The lowest BCUT2D eigenvalue weighted by molar-refractivity contribution is 0.446. The summed E-state index contributed by atoms with van der Waals surface area (Å²) < 4.78 is 2.08. The van der Waals surface area contributed by atoms with E-state index >= 15 is 0 Å². The maximum atomic E-state index is 12.0. The lowest BCUT2D eigenvalue weighted by atomic mass is 9.79. The predicted molar refractivity (Wildman–Crippen MR) is 191 cm³/mol. The Bertz CT molecular complexity index is 2040. The van der Waals surface area contributed by atoms with E-state index < -0.39 is 0 Å². The Balaban J connectivity index is 1.70. The van der Waals surface area contributed by atoms with Crippen molar-refractivity contribution in [3.63, 3.8) is 0 Å². The molecule has 46 heavy (non-hydrogen) atoms. The number of imidazole rings is 1. The molecule has 6 aromatic rings. The number of hydrogen-bond donors (Lipinski definition) is 1. The first kappa shape index (κ1) is 31.2. The van der Waals surface area contributed by atoms with E-state index in [0.717, 1.165) is 50.4 Å². The minimum atomic E-state index is -0.275. The third kappa shape index (κ3) is 5.82. The van der Waals surface area contributed by atoms with Crippen molar-refractivity contribution in [1.29, 1.82) is 0 Å². The zero-order chi connectivity index (χ0) is 33.0. The number of rotatable bonds is 4. The minimum absolute atomic E-state index is 0.0806. The van der Waals surface area contributed by atoms with Crippen molar-refractivity contribution in [2.24, 2.45) is 0 Å². The summed E-state index contributed by atoms with van der Waals surface area (Å²) in [5.41, 5.74) is 9.90.